The normalized spacial score (nSPS) is 22.1. The van der Waals surface area contributed by atoms with E-state index in [0.717, 1.165) is 12.1 Å². The Morgan fingerprint density at radius 3 is 2.32 bits per heavy atom. The number of fused-ring (bicyclic) bond motifs is 2. The van der Waals surface area contributed by atoms with E-state index in [1.807, 2.05) is 30.3 Å². The van der Waals surface area contributed by atoms with Gasteiger partial charge in [-0.05, 0) is 36.4 Å². The molecule has 2 aromatic carbocycles. The van der Waals surface area contributed by atoms with Gasteiger partial charge in [0.2, 0.25) is 0 Å². The lowest BCUT2D eigenvalue weighted by Crippen LogP contribution is -2.81. The van der Waals surface area contributed by atoms with Gasteiger partial charge >= 0.3 is 12.2 Å². The lowest BCUT2D eigenvalue weighted by Gasteiger charge is -2.63. The number of morpholine rings is 1. The van der Waals surface area contributed by atoms with Gasteiger partial charge in [-0.15, -0.1) is 0 Å². The molecule has 34 heavy (non-hydrogen) atoms. The van der Waals surface area contributed by atoms with Crippen LogP contribution in [0.4, 0.5) is 23.7 Å². The number of urea groups is 1. The molecule has 0 saturated carbocycles. The zero-order valence-corrected chi connectivity index (χ0v) is 18.4. The van der Waals surface area contributed by atoms with E-state index in [9.17, 15) is 22.8 Å². The molecule has 3 heterocycles. The summed E-state index contributed by atoms with van der Waals surface area (Å²) in [6, 6.07) is 13.3. The molecule has 3 aliphatic heterocycles. The lowest BCUT2D eigenvalue weighted by atomic mass is 9.82. The largest absolute Gasteiger partial charge is 0.416 e. The van der Waals surface area contributed by atoms with Gasteiger partial charge in [-0.2, -0.15) is 13.2 Å². The molecule has 0 aliphatic carbocycles. The maximum atomic E-state index is 13.0. The van der Waals surface area contributed by atoms with E-state index in [1.54, 1.807) is 9.80 Å². The van der Waals surface area contributed by atoms with Gasteiger partial charge in [-0.25, -0.2) is 4.79 Å². The third-order valence-corrected chi connectivity index (χ3v) is 6.78. The third-order valence-electron chi connectivity index (χ3n) is 6.78. The number of alkyl halides is 3. The average Bonchev–Trinajstić information content (AvgIpc) is 2.81. The zero-order valence-electron chi connectivity index (χ0n) is 18.4. The highest BCUT2D eigenvalue weighted by Gasteiger charge is 2.56. The van der Waals surface area contributed by atoms with Crippen molar-refractivity contribution >= 4 is 17.6 Å². The van der Waals surface area contributed by atoms with Crippen LogP contribution >= 0.6 is 0 Å². The van der Waals surface area contributed by atoms with E-state index in [-0.39, 0.29) is 23.5 Å². The first-order valence-electron chi connectivity index (χ1n) is 11.2. The van der Waals surface area contributed by atoms with E-state index in [4.69, 9.17) is 4.74 Å². The number of hydrogen-bond acceptors (Lipinski definition) is 4. The van der Waals surface area contributed by atoms with Gasteiger partial charge in [0.15, 0.2) is 0 Å². The van der Waals surface area contributed by atoms with Crippen molar-refractivity contribution in [2.24, 2.45) is 0 Å². The number of likely N-dealkylation sites (tertiary alicyclic amines) is 1. The Hall–Kier alpha value is -3.11. The van der Waals surface area contributed by atoms with Crippen molar-refractivity contribution in [2.75, 3.05) is 51.3 Å². The van der Waals surface area contributed by atoms with Gasteiger partial charge in [-0.1, -0.05) is 18.2 Å². The van der Waals surface area contributed by atoms with Gasteiger partial charge in [0.1, 0.15) is 0 Å². The highest BCUT2D eigenvalue weighted by atomic mass is 19.4. The van der Waals surface area contributed by atoms with Crippen LogP contribution in [0.2, 0.25) is 0 Å². The lowest BCUT2D eigenvalue weighted by molar-refractivity contribution is -0.147. The first-order chi connectivity index (χ1) is 16.2. The highest BCUT2D eigenvalue weighted by Crippen LogP contribution is 2.37. The number of carbonyl (C=O) groups excluding carboxylic acids is 2. The Morgan fingerprint density at radius 1 is 0.971 bits per heavy atom. The molecular formula is C24H25F3N4O3. The predicted octanol–water partition coefficient (Wildman–Crippen LogP) is 3.15. The fourth-order valence-electron chi connectivity index (χ4n) is 5.15. The number of rotatable bonds is 2. The Morgan fingerprint density at radius 2 is 1.65 bits per heavy atom. The Balaban J connectivity index is 1.29. The molecule has 3 saturated heterocycles. The van der Waals surface area contributed by atoms with Crippen LogP contribution in [0.15, 0.2) is 54.6 Å². The van der Waals surface area contributed by atoms with Crippen molar-refractivity contribution in [1.82, 2.24) is 14.7 Å². The van der Waals surface area contributed by atoms with Crippen molar-refractivity contribution < 1.29 is 27.5 Å². The third kappa shape index (κ3) is 4.23. The summed E-state index contributed by atoms with van der Waals surface area (Å²) in [5.74, 6) is -0.310. The number of benzene rings is 2. The molecule has 1 spiro atoms. The molecule has 10 heteroatoms. The van der Waals surface area contributed by atoms with Crippen LogP contribution in [0.1, 0.15) is 15.9 Å². The minimum atomic E-state index is -4.44. The second-order valence-electron chi connectivity index (χ2n) is 9.06. The van der Waals surface area contributed by atoms with Crippen LogP contribution < -0.4 is 5.32 Å². The van der Waals surface area contributed by atoms with Crippen LogP contribution in [0.3, 0.4) is 0 Å². The van der Waals surface area contributed by atoms with Gasteiger partial charge in [0, 0.05) is 44.0 Å². The first kappa shape index (κ1) is 22.7. The summed E-state index contributed by atoms with van der Waals surface area (Å²) in [5, 5.41) is 2.93. The quantitative estimate of drug-likeness (QED) is 0.727. The number of halogens is 3. The molecule has 3 amide bonds. The van der Waals surface area contributed by atoms with Crippen molar-refractivity contribution in [2.45, 2.75) is 17.8 Å². The standard InChI is InChI=1S/C24H25F3N4O3/c25-24(26,27)18-8-6-17(7-9-18)21(32)30-15-23(16-30)14-29(12-20-13-34-11-10-31(20)23)22(33)28-19-4-2-1-3-5-19/h1-9,20H,10-16H2,(H,28,33)/t20-/m1/s1. The molecule has 1 N–H and O–H groups in total. The molecule has 3 fully saturated rings. The van der Waals surface area contributed by atoms with E-state index >= 15 is 0 Å². The summed E-state index contributed by atoms with van der Waals surface area (Å²) in [5.41, 5.74) is -0.262. The SMILES string of the molecule is O=C(Nc1ccccc1)N1C[C@@H]2COCCN2C2(C1)CN(C(=O)c1ccc(C(F)(F)F)cc1)C2. The molecule has 180 valence electrons. The molecular weight excluding hydrogens is 449 g/mol. The number of carbonyl (C=O) groups is 2. The predicted molar refractivity (Wildman–Crippen MR) is 118 cm³/mol. The summed E-state index contributed by atoms with van der Waals surface area (Å²) in [6.07, 6.45) is -4.44. The van der Waals surface area contributed by atoms with Gasteiger partial charge in [0.05, 0.1) is 30.4 Å². The van der Waals surface area contributed by atoms with Crippen LogP contribution in [-0.2, 0) is 10.9 Å². The Kier molecular flexibility index (Phi) is 5.73. The van der Waals surface area contributed by atoms with Crippen molar-refractivity contribution in [3.8, 4) is 0 Å². The molecule has 3 aliphatic rings. The van der Waals surface area contributed by atoms with Crippen molar-refractivity contribution in [3.05, 3.63) is 65.7 Å². The monoisotopic (exact) mass is 474 g/mol. The van der Waals surface area contributed by atoms with E-state index in [0.29, 0.717) is 51.6 Å². The van der Waals surface area contributed by atoms with Crippen LogP contribution in [-0.4, -0.2) is 84.2 Å². The number of anilines is 1. The Bertz CT molecular complexity index is 1060. The second kappa shape index (κ2) is 8.59. The zero-order chi connectivity index (χ0) is 23.9. The number of hydrogen-bond donors (Lipinski definition) is 1. The fourth-order valence-corrected chi connectivity index (χ4v) is 5.15. The maximum Gasteiger partial charge on any atom is 0.416 e. The maximum absolute atomic E-state index is 13.0. The summed E-state index contributed by atoms with van der Waals surface area (Å²) < 4.78 is 44.2. The molecule has 7 nitrogen and oxygen atoms in total. The van der Waals surface area contributed by atoms with E-state index < -0.39 is 17.3 Å². The topological polar surface area (TPSA) is 65.1 Å². The summed E-state index contributed by atoms with van der Waals surface area (Å²) in [6.45, 7) is 3.58. The molecule has 0 radical (unpaired) electrons. The van der Waals surface area contributed by atoms with Crippen LogP contribution in [0.25, 0.3) is 0 Å². The molecule has 2 aromatic rings. The van der Waals surface area contributed by atoms with Crippen LogP contribution in [0, 0.1) is 0 Å². The molecule has 0 unspecified atom stereocenters. The number of para-hydroxylation sites is 1. The highest BCUT2D eigenvalue weighted by molar-refractivity contribution is 5.95. The van der Waals surface area contributed by atoms with Crippen molar-refractivity contribution in [1.29, 1.82) is 0 Å². The number of piperazine rings is 1. The van der Waals surface area contributed by atoms with E-state index in [1.165, 1.54) is 12.1 Å². The number of nitrogens with zero attached hydrogens (tertiary/aromatic N) is 3. The number of amides is 3. The summed E-state index contributed by atoms with van der Waals surface area (Å²) in [4.78, 5) is 31.7. The van der Waals surface area contributed by atoms with Crippen LogP contribution in [0.5, 0.6) is 0 Å². The van der Waals surface area contributed by atoms with Gasteiger partial charge in [-0.3, -0.25) is 9.69 Å². The minimum absolute atomic E-state index is 0.0207. The summed E-state index contributed by atoms with van der Waals surface area (Å²) >= 11 is 0. The Labute approximate surface area is 195 Å². The molecule has 0 aromatic heterocycles. The van der Waals surface area contributed by atoms with Crippen molar-refractivity contribution in [3.63, 3.8) is 0 Å². The molecule has 1 atom stereocenters. The summed E-state index contributed by atoms with van der Waals surface area (Å²) in [7, 11) is 0. The average molecular weight is 474 g/mol. The first-order valence-corrected chi connectivity index (χ1v) is 11.2. The number of nitrogens with one attached hydrogen (secondary N) is 1. The van der Waals surface area contributed by atoms with Gasteiger partial charge < -0.3 is 19.9 Å². The minimum Gasteiger partial charge on any atom is -0.378 e. The van der Waals surface area contributed by atoms with Gasteiger partial charge in [0.25, 0.3) is 5.91 Å². The second-order valence-corrected chi connectivity index (χ2v) is 9.06. The molecule has 0 bridgehead atoms. The number of ether oxygens (including phenoxy) is 1. The smallest absolute Gasteiger partial charge is 0.378 e. The van der Waals surface area contributed by atoms with E-state index in [2.05, 4.69) is 10.2 Å². The fraction of sp³-hybridized carbons (Fsp3) is 0.417. The molecule has 5 rings (SSSR count).